The van der Waals surface area contributed by atoms with Gasteiger partial charge >= 0.3 is 0 Å². The summed E-state index contributed by atoms with van der Waals surface area (Å²) in [5.41, 5.74) is 1.07. The summed E-state index contributed by atoms with van der Waals surface area (Å²) in [7, 11) is 0. The van der Waals surface area contributed by atoms with Gasteiger partial charge in [-0.2, -0.15) is 5.10 Å². The van der Waals surface area contributed by atoms with Crippen molar-refractivity contribution in [2.75, 3.05) is 0 Å². The van der Waals surface area contributed by atoms with E-state index in [1.165, 1.54) is 23.2 Å². The minimum absolute atomic E-state index is 0.197. The van der Waals surface area contributed by atoms with Gasteiger partial charge in [0.15, 0.2) is 0 Å². The largest absolute Gasteiger partial charge is 0.348 e. The highest BCUT2D eigenvalue weighted by Gasteiger charge is 2.23. The van der Waals surface area contributed by atoms with Crippen LogP contribution >= 0.6 is 0 Å². The topological polar surface area (TPSA) is 64.0 Å². The average Bonchev–Trinajstić information content (AvgIpc) is 2.60. The molecule has 1 N–H and O–H groups in total. The number of hydrogen-bond donors (Lipinski definition) is 1. The lowest BCUT2D eigenvalue weighted by atomic mass is 9.86. The zero-order valence-electron chi connectivity index (χ0n) is 13.9. The van der Waals surface area contributed by atoms with Gasteiger partial charge in [-0.1, -0.05) is 50.1 Å². The molecule has 0 radical (unpaired) electrons. The number of rotatable bonds is 4. The molecule has 2 atom stereocenters. The SMILES string of the molecule is C[C@H]1CCCC[C@H]1NC(=O)c1ccc(=O)n(Cc2ccccc2)n1. The van der Waals surface area contributed by atoms with E-state index in [4.69, 9.17) is 0 Å². The molecule has 5 nitrogen and oxygen atoms in total. The van der Waals surface area contributed by atoms with Gasteiger partial charge in [0, 0.05) is 12.1 Å². The van der Waals surface area contributed by atoms with Crippen LogP contribution in [0.5, 0.6) is 0 Å². The maximum Gasteiger partial charge on any atom is 0.271 e. The Morgan fingerprint density at radius 1 is 1.17 bits per heavy atom. The Bertz CT molecular complexity index is 755. The first-order chi connectivity index (χ1) is 11.6. The van der Waals surface area contributed by atoms with Crippen LogP contribution in [-0.4, -0.2) is 21.7 Å². The molecule has 1 heterocycles. The van der Waals surface area contributed by atoms with Crippen LogP contribution in [0.2, 0.25) is 0 Å². The fourth-order valence-corrected chi connectivity index (χ4v) is 3.21. The van der Waals surface area contributed by atoms with E-state index < -0.39 is 0 Å². The molecule has 0 saturated heterocycles. The first-order valence-corrected chi connectivity index (χ1v) is 8.56. The van der Waals surface area contributed by atoms with Gasteiger partial charge in [0.05, 0.1) is 6.54 Å². The smallest absolute Gasteiger partial charge is 0.271 e. The highest BCUT2D eigenvalue weighted by Crippen LogP contribution is 2.23. The molecule has 24 heavy (non-hydrogen) atoms. The molecule has 2 aromatic rings. The second-order valence-corrected chi connectivity index (χ2v) is 6.54. The van der Waals surface area contributed by atoms with Crippen LogP contribution in [0, 0.1) is 5.92 Å². The highest BCUT2D eigenvalue weighted by atomic mass is 16.2. The van der Waals surface area contributed by atoms with Gasteiger partial charge in [-0.25, -0.2) is 4.68 Å². The van der Waals surface area contributed by atoms with E-state index >= 15 is 0 Å². The van der Waals surface area contributed by atoms with Gasteiger partial charge in [-0.15, -0.1) is 0 Å². The molecule has 1 aromatic heterocycles. The summed E-state index contributed by atoms with van der Waals surface area (Å²) in [6, 6.07) is 12.7. The first kappa shape index (κ1) is 16.4. The molecular formula is C19H23N3O2. The van der Waals surface area contributed by atoms with Gasteiger partial charge in [0.1, 0.15) is 5.69 Å². The molecule has 5 heteroatoms. The van der Waals surface area contributed by atoms with Crippen LogP contribution in [0.1, 0.15) is 48.7 Å². The molecule has 1 aliphatic rings. The zero-order chi connectivity index (χ0) is 16.9. The van der Waals surface area contributed by atoms with Gasteiger partial charge in [-0.3, -0.25) is 9.59 Å². The van der Waals surface area contributed by atoms with Crippen molar-refractivity contribution in [2.24, 2.45) is 5.92 Å². The van der Waals surface area contributed by atoms with E-state index in [0.29, 0.717) is 18.2 Å². The monoisotopic (exact) mass is 325 g/mol. The Morgan fingerprint density at radius 3 is 2.67 bits per heavy atom. The molecule has 1 amide bonds. The van der Waals surface area contributed by atoms with Gasteiger partial charge in [0.25, 0.3) is 11.5 Å². The summed E-state index contributed by atoms with van der Waals surface area (Å²) in [5.74, 6) is 0.286. The van der Waals surface area contributed by atoms with Gasteiger partial charge in [-0.05, 0) is 30.4 Å². The predicted molar refractivity (Wildman–Crippen MR) is 92.9 cm³/mol. The molecule has 126 valence electrons. The summed E-state index contributed by atoms with van der Waals surface area (Å²) in [6.45, 7) is 2.54. The van der Waals surface area contributed by atoms with Crippen molar-refractivity contribution >= 4 is 5.91 Å². The average molecular weight is 325 g/mol. The van der Waals surface area contributed by atoms with E-state index in [2.05, 4.69) is 17.3 Å². The number of hydrogen-bond acceptors (Lipinski definition) is 3. The third-order valence-electron chi connectivity index (χ3n) is 4.70. The Kier molecular flexibility index (Phi) is 5.08. The number of carbonyl (C=O) groups excluding carboxylic acids is 1. The van der Waals surface area contributed by atoms with Crippen molar-refractivity contribution in [3.05, 3.63) is 64.1 Å². The molecular weight excluding hydrogens is 302 g/mol. The van der Waals surface area contributed by atoms with E-state index in [-0.39, 0.29) is 17.5 Å². The molecule has 0 bridgehead atoms. The summed E-state index contributed by atoms with van der Waals surface area (Å²) >= 11 is 0. The Morgan fingerprint density at radius 2 is 1.92 bits per heavy atom. The quantitative estimate of drug-likeness (QED) is 0.940. The second-order valence-electron chi connectivity index (χ2n) is 6.54. The maximum atomic E-state index is 12.5. The lowest BCUT2D eigenvalue weighted by molar-refractivity contribution is 0.0902. The third kappa shape index (κ3) is 3.91. The fraction of sp³-hybridized carbons (Fsp3) is 0.421. The summed E-state index contributed by atoms with van der Waals surface area (Å²) in [4.78, 5) is 24.5. The van der Waals surface area contributed by atoms with Crippen molar-refractivity contribution in [1.82, 2.24) is 15.1 Å². The lowest BCUT2D eigenvalue weighted by Gasteiger charge is -2.29. The lowest BCUT2D eigenvalue weighted by Crippen LogP contribution is -2.42. The number of benzene rings is 1. The van der Waals surface area contributed by atoms with Crippen LogP contribution in [-0.2, 0) is 6.54 Å². The van der Waals surface area contributed by atoms with E-state index in [1.54, 1.807) is 0 Å². The maximum absolute atomic E-state index is 12.5. The molecule has 0 unspecified atom stereocenters. The first-order valence-electron chi connectivity index (χ1n) is 8.56. The van der Waals surface area contributed by atoms with Crippen LogP contribution in [0.4, 0.5) is 0 Å². The number of carbonyl (C=O) groups is 1. The molecule has 3 rings (SSSR count). The second kappa shape index (κ2) is 7.43. The van der Waals surface area contributed by atoms with Crippen molar-refractivity contribution in [3.8, 4) is 0 Å². The molecule has 0 spiro atoms. The van der Waals surface area contributed by atoms with Crippen molar-refractivity contribution in [3.63, 3.8) is 0 Å². The Balaban J connectivity index is 1.75. The predicted octanol–water partition coefficient (Wildman–Crippen LogP) is 2.60. The number of nitrogens with one attached hydrogen (secondary N) is 1. The highest BCUT2D eigenvalue weighted by molar-refractivity contribution is 5.92. The fourth-order valence-electron chi connectivity index (χ4n) is 3.21. The van der Waals surface area contributed by atoms with Crippen molar-refractivity contribution < 1.29 is 4.79 Å². The van der Waals surface area contributed by atoms with Crippen molar-refractivity contribution in [2.45, 2.75) is 45.2 Å². The molecule has 1 fully saturated rings. The van der Waals surface area contributed by atoms with Crippen LogP contribution in [0.25, 0.3) is 0 Å². The Hall–Kier alpha value is -2.43. The summed E-state index contributed by atoms with van der Waals surface area (Å²) in [6.07, 6.45) is 4.53. The summed E-state index contributed by atoms with van der Waals surface area (Å²) < 4.78 is 1.34. The standard InChI is InChI=1S/C19H23N3O2/c1-14-7-5-6-10-16(14)20-19(24)17-11-12-18(23)22(21-17)13-15-8-3-2-4-9-15/h2-4,8-9,11-12,14,16H,5-7,10,13H2,1H3,(H,20,24)/t14-,16+/m0/s1. The number of aromatic nitrogens is 2. The molecule has 1 saturated carbocycles. The molecule has 1 aliphatic carbocycles. The zero-order valence-corrected chi connectivity index (χ0v) is 13.9. The minimum Gasteiger partial charge on any atom is -0.348 e. The summed E-state index contributed by atoms with van der Waals surface area (Å²) in [5, 5.41) is 7.33. The number of nitrogens with zero attached hydrogens (tertiary/aromatic N) is 2. The normalized spacial score (nSPS) is 20.5. The molecule has 0 aliphatic heterocycles. The van der Waals surface area contributed by atoms with E-state index in [0.717, 1.165) is 24.8 Å². The minimum atomic E-state index is -0.207. The third-order valence-corrected chi connectivity index (χ3v) is 4.70. The van der Waals surface area contributed by atoms with Crippen LogP contribution < -0.4 is 10.9 Å². The van der Waals surface area contributed by atoms with E-state index in [1.807, 2.05) is 30.3 Å². The number of amides is 1. The van der Waals surface area contributed by atoms with E-state index in [9.17, 15) is 9.59 Å². The van der Waals surface area contributed by atoms with Gasteiger partial charge in [0.2, 0.25) is 0 Å². The van der Waals surface area contributed by atoms with Crippen LogP contribution in [0.3, 0.4) is 0 Å². The molecule has 1 aromatic carbocycles. The Labute approximate surface area is 141 Å². The van der Waals surface area contributed by atoms with Gasteiger partial charge < -0.3 is 5.32 Å². The van der Waals surface area contributed by atoms with Crippen molar-refractivity contribution in [1.29, 1.82) is 0 Å². The van der Waals surface area contributed by atoms with Crippen LogP contribution in [0.15, 0.2) is 47.3 Å².